The average Bonchev–Trinajstić information content (AvgIpc) is 2.27. The highest BCUT2D eigenvalue weighted by Gasteiger charge is 2.49. The van der Waals surface area contributed by atoms with Crippen molar-refractivity contribution in [1.29, 1.82) is 0 Å². The largest absolute Gasteiger partial charge is 0.467 e. The molecular formula is C9H18ClNO4. The first-order chi connectivity index (χ1) is 6.71. The molecule has 15 heavy (non-hydrogen) atoms. The zero-order valence-electron chi connectivity index (χ0n) is 9.24. The number of rotatable bonds is 3. The molecule has 1 saturated heterocycles. The molecule has 2 atom stereocenters. The molecule has 5 nitrogen and oxygen atoms in total. The van der Waals surface area contributed by atoms with Crippen LogP contribution < -0.4 is 5.32 Å². The van der Waals surface area contributed by atoms with Gasteiger partial charge in [0.1, 0.15) is 6.10 Å². The molecular weight excluding hydrogens is 222 g/mol. The van der Waals surface area contributed by atoms with Gasteiger partial charge in [0.25, 0.3) is 0 Å². The third kappa shape index (κ3) is 2.60. The Kier molecular flexibility index (Phi) is 6.12. The second-order valence-electron chi connectivity index (χ2n) is 3.26. The normalized spacial score (nSPS) is 30.5. The number of hydrogen-bond acceptors (Lipinski definition) is 5. The van der Waals surface area contributed by atoms with Crippen LogP contribution in [0, 0.1) is 0 Å². The van der Waals surface area contributed by atoms with Gasteiger partial charge in [0, 0.05) is 27.2 Å². The molecule has 90 valence electrons. The van der Waals surface area contributed by atoms with Crippen LogP contribution in [0.25, 0.3) is 0 Å². The molecule has 0 aliphatic carbocycles. The fourth-order valence-corrected chi connectivity index (χ4v) is 1.83. The summed E-state index contributed by atoms with van der Waals surface area (Å²) in [5, 5.41) is 3.14. The highest BCUT2D eigenvalue weighted by atomic mass is 35.5. The number of esters is 1. The lowest BCUT2D eigenvalue weighted by atomic mass is 9.89. The number of methoxy groups -OCH3 is 3. The number of carbonyl (C=O) groups is 1. The van der Waals surface area contributed by atoms with Crippen molar-refractivity contribution in [3.63, 3.8) is 0 Å². The predicted octanol–water partition coefficient (Wildman–Crippen LogP) is -0.0253. The number of halogens is 1. The standard InChI is InChI=1S/C9H17NO4.ClH/c1-12-7-6-10-5-4-9(7,14-3)8(11)13-2;/h7,10H,4-6H2,1-3H3;1H/t7-,9+;/m1./s1. The van der Waals surface area contributed by atoms with Crippen LogP contribution in [0.3, 0.4) is 0 Å². The van der Waals surface area contributed by atoms with Crippen molar-refractivity contribution in [3.8, 4) is 0 Å². The Balaban J connectivity index is 0.00000196. The van der Waals surface area contributed by atoms with Crippen molar-refractivity contribution in [2.45, 2.75) is 18.1 Å². The van der Waals surface area contributed by atoms with E-state index in [-0.39, 0.29) is 24.5 Å². The minimum absolute atomic E-state index is 0. The van der Waals surface area contributed by atoms with Gasteiger partial charge in [0.05, 0.1) is 7.11 Å². The Morgan fingerprint density at radius 2 is 2.07 bits per heavy atom. The van der Waals surface area contributed by atoms with E-state index in [1.54, 1.807) is 7.11 Å². The molecule has 1 N–H and O–H groups in total. The van der Waals surface area contributed by atoms with E-state index < -0.39 is 5.60 Å². The maximum Gasteiger partial charge on any atom is 0.340 e. The highest BCUT2D eigenvalue weighted by Crippen LogP contribution is 2.26. The Morgan fingerprint density at radius 1 is 1.40 bits per heavy atom. The fourth-order valence-electron chi connectivity index (χ4n) is 1.83. The molecule has 0 amide bonds. The first-order valence-electron chi connectivity index (χ1n) is 4.58. The quantitative estimate of drug-likeness (QED) is 0.702. The van der Waals surface area contributed by atoms with E-state index in [1.165, 1.54) is 14.2 Å². The molecule has 0 spiro atoms. The van der Waals surface area contributed by atoms with Gasteiger partial charge in [-0.05, 0) is 6.54 Å². The van der Waals surface area contributed by atoms with Crippen LogP contribution in [-0.2, 0) is 19.0 Å². The second kappa shape index (κ2) is 6.27. The molecule has 1 aliphatic heterocycles. The van der Waals surface area contributed by atoms with Crippen molar-refractivity contribution in [3.05, 3.63) is 0 Å². The summed E-state index contributed by atoms with van der Waals surface area (Å²) >= 11 is 0. The fraction of sp³-hybridized carbons (Fsp3) is 0.889. The van der Waals surface area contributed by atoms with Crippen molar-refractivity contribution in [2.75, 3.05) is 34.4 Å². The number of piperidine rings is 1. The number of ether oxygens (including phenoxy) is 3. The smallest absolute Gasteiger partial charge is 0.340 e. The van der Waals surface area contributed by atoms with Crippen molar-refractivity contribution >= 4 is 18.4 Å². The highest BCUT2D eigenvalue weighted by molar-refractivity contribution is 5.85. The third-order valence-corrected chi connectivity index (χ3v) is 2.70. The molecule has 1 rings (SSSR count). The number of hydrogen-bond donors (Lipinski definition) is 1. The lowest BCUT2D eigenvalue weighted by molar-refractivity contribution is -0.188. The molecule has 0 unspecified atom stereocenters. The minimum atomic E-state index is -0.950. The molecule has 0 aromatic rings. The maximum absolute atomic E-state index is 11.6. The summed E-state index contributed by atoms with van der Waals surface area (Å²) in [5.41, 5.74) is -0.950. The molecule has 0 saturated carbocycles. The average molecular weight is 240 g/mol. The van der Waals surface area contributed by atoms with Gasteiger partial charge in [0.2, 0.25) is 0 Å². The van der Waals surface area contributed by atoms with Gasteiger partial charge in [0.15, 0.2) is 5.60 Å². The summed E-state index contributed by atoms with van der Waals surface area (Å²) in [5.74, 6) is -0.367. The van der Waals surface area contributed by atoms with Gasteiger partial charge < -0.3 is 19.5 Å². The number of nitrogens with one attached hydrogen (secondary N) is 1. The Labute approximate surface area is 95.9 Å². The van der Waals surface area contributed by atoms with E-state index in [9.17, 15) is 4.79 Å². The van der Waals surface area contributed by atoms with Gasteiger partial charge in [-0.1, -0.05) is 0 Å². The minimum Gasteiger partial charge on any atom is -0.467 e. The van der Waals surface area contributed by atoms with E-state index in [0.717, 1.165) is 6.54 Å². The Bertz CT molecular complexity index is 214. The summed E-state index contributed by atoms with van der Waals surface area (Å²) in [6.45, 7) is 1.32. The molecule has 0 aromatic carbocycles. The van der Waals surface area contributed by atoms with Gasteiger partial charge in [-0.15, -0.1) is 12.4 Å². The first kappa shape index (κ1) is 14.6. The lowest BCUT2D eigenvalue weighted by Crippen LogP contribution is -2.60. The first-order valence-corrected chi connectivity index (χ1v) is 4.58. The zero-order valence-corrected chi connectivity index (χ0v) is 10.1. The van der Waals surface area contributed by atoms with Crippen LogP contribution in [0.4, 0.5) is 0 Å². The monoisotopic (exact) mass is 239 g/mol. The van der Waals surface area contributed by atoms with Crippen LogP contribution in [0.1, 0.15) is 6.42 Å². The van der Waals surface area contributed by atoms with Crippen molar-refractivity contribution < 1.29 is 19.0 Å². The molecule has 1 heterocycles. The predicted molar refractivity (Wildman–Crippen MR) is 57.3 cm³/mol. The van der Waals surface area contributed by atoms with Gasteiger partial charge >= 0.3 is 5.97 Å². The zero-order chi connectivity index (χ0) is 10.6. The third-order valence-electron chi connectivity index (χ3n) is 2.70. The maximum atomic E-state index is 11.6. The summed E-state index contributed by atoms with van der Waals surface area (Å²) < 4.78 is 15.3. The van der Waals surface area contributed by atoms with Crippen LogP contribution in [0.15, 0.2) is 0 Å². The summed E-state index contributed by atoms with van der Waals surface area (Å²) in [4.78, 5) is 11.6. The molecule has 0 radical (unpaired) electrons. The van der Waals surface area contributed by atoms with E-state index in [1.807, 2.05) is 0 Å². The SMILES string of the molecule is COC(=O)[C@]1(OC)CCNC[C@H]1OC.Cl. The topological polar surface area (TPSA) is 56.8 Å². The van der Waals surface area contributed by atoms with E-state index in [4.69, 9.17) is 14.2 Å². The van der Waals surface area contributed by atoms with Crippen LogP contribution in [0.5, 0.6) is 0 Å². The molecule has 6 heteroatoms. The van der Waals surface area contributed by atoms with Crippen LogP contribution in [-0.4, -0.2) is 52.1 Å². The molecule has 1 fully saturated rings. The second-order valence-corrected chi connectivity index (χ2v) is 3.26. The summed E-state index contributed by atoms with van der Waals surface area (Å²) in [6.07, 6.45) is 0.267. The van der Waals surface area contributed by atoms with Crippen LogP contribution >= 0.6 is 12.4 Å². The van der Waals surface area contributed by atoms with E-state index in [0.29, 0.717) is 13.0 Å². The summed E-state index contributed by atoms with van der Waals surface area (Å²) in [7, 11) is 4.43. The summed E-state index contributed by atoms with van der Waals surface area (Å²) in [6, 6.07) is 0. The van der Waals surface area contributed by atoms with E-state index in [2.05, 4.69) is 5.32 Å². The van der Waals surface area contributed by atoms with Crippen LogP contribution in [0.2, 0.25) is 0 Å². The van der Waals surface area contributed by atoms with Crippen molar-refractivity contribution in [2.24, 2.45) is 0 Å². The number of carbonyl (C=O) groups excluding carboxylic acids is 1. The van der Waals surface area contributed by atoms with Gasteiger partial charge in [-0.2, -0.15) is 0 Å². The Morgan fingerprint density at radius 3 is 2.53 bits per heavy atom. The van der Waals surface area contributed by atoms with E-state index >= 15 is 0 Å². The van der Waals surface area contributed by atoms with Gasteiger partial charge in [-0.25, -0.2) is 4.79 Å². The lowest BCUT2D eigenvalue weighted by Gasteiger charge is -2.39. The Hall–Kier alpha value is -0.360. The molecule has 0 aromatic heterocycles. The molecule has 1 aliphatic rings. The molecule has 0 bridgehead atoms. The van der Waals surface area contributed by atoms with Crippen molar-refractivity contribution in [1.82, 2.24) is 5.32 Å². The van der Waals surface area contributed by atoms with Gasteiger partial charge in [-0.3, -0.25) is 0 Å².